The van der Waals surface area contributed by atoms with Crippen LogP contribution >= 0.6 is 0 Å². The SMILES string of the molecule is CCC(C)N[N+](=O)[O-]. The lowest BCUT2D eigenvalue weighted by Crippen LogP contribution is -2.30. The fourth-order valence-corrected chi connectivity index (χ4v) is 0.271. The third-order valence-electron chi connectivity index (χ3n) is 0.938. The maximum atomic E-state index is 9.66. The second-order valence-electron chi connectivity index (χ2n) is 1.70. The minimum atomic E-state index is -0.520. The van der Waals surface area contributed by atoms with Crippen molar-refractivity contribution in [2.24, 2.45) is 0 Å². The summed E-state index contributed by atoms with van der Waals surface area (Å²) in [5, 5.41) is 9.14. The van der Waals surface area contributed by atoms with E-state index in [-0.39, 0.29) is 6.04 Å². The molecular formula is C4H10N2O2. The first-order valence-electron chi connectivity index (χ1n) is 2.57. The topological polar surface area (TPSA) is 55.2 Å². The van der Waals surface area contributed by atoms with E-state index in [1.165, 1.54) is 0 Å². The maximum absolute atomic E-state index is 9.66. The Balaban J connectivity index is 3.24. The summed E-state index contributed by atoms with van der Waals surface area (Å²) >= 11 is 0. The van der Waals surface area contributed by atoms with Crippen molar-refractivity contribution in [1.29, 1.82) is 0 Å². The third kappa shape index (κ3) is 3.39. The van der Waals surface area contributed by atoms with Crippen LogP contribution in [0.3, 0.4) is 0 Å². The lowest BCUT2D eigenvalue weighted by atomic mass is 10.3. The minimum Gasteiger partial charge on any atom is -0.235 e. The molecule has 4 nitrogen and oxygen atoms in total. The zero-order valence-corrected chi connectivity index (χ0v) is 5.05. The second kappa shape index (κ2) is 3.23. The van der Waals surface area contributed by atoms with Crippen LogP contribution in [0.5, 0.6) is 0 Å². The fraction of sp³-hybridized carbons (Fsp3) is 1.00. The molecule has 0 saturated heterocycles. The predicted octanol–water partition coefficient (Wildman–Crippen LogP) is 0.566. The van der Waals surface area contributed by atoms with Crippen molar-refractivity contribution < 1.29 is 5.03 Å². The van der Waals surface area contributed by atoms with Crippen LogP contribution in [0, 0.1) is 10.1 Å². The standard InChI is InChI=1S/C4H10N2O2/c1-3-4(2)5-6(7)8/h4-5H,3H2,1-2H3. The molecule has 0 rings (SSSR count). The summed E-state index contributed by atoms with van der Waals surface area (Å²) in [5.41, 5.74) is 2.11. The van der Waals surface area contributed by atoms with Gasteiger partial charge in [-0.3, -0.25) is 0 Å². The Labute approximate surface area is 48.0 Å². The van der Waals surface area contributed by atoms with Crippen LogP contribution in [0.1, 0.15) is 20.3 Å². The average molecular weight is 118 g/mol. The van der Waals surface area contributed by atoms with E-state index in [1.807, 2.05) is 6.92 Å². The molecule has 0 heterocycles. The molecule has 0 saturated carbocycles. The highest BCUT2D eigenvalue weighted by Crippen LogP contribution is 1.84. The van der Waals surface area contributed by atoms with E-state index in [0.29, 0.717) is 0 Å². The molecule has 48 valence electrons. The van der Waals surface area contributed by atoms with Gasteiger partial charge >= 0.3 is 0 Å². The second-order valence-corrected chi connectivity index (χ2v) is 1.70. The number of hydrogen-bond donors (Lipinski definition) is 1. The van der Waals surface area contributed by atoms with Gasteiger partial charge < -0.3 is 0 Å². The Morgan fingerprint density at radius 3 is 2.50 bits per heavy atom. The van der Waals surface area contributed by atoms with Gasteiger partial charge in [-0.1, -0.05) is 6.92 Å². The normalized spacial score (nSPS) is 12.8. The summed E-state index contributed by atoms with van der Waals surface area (Å²) in [6.45, 7) is 3.66. The summed E-state index contributed by atoms with van der Waals surface area (Å²) in [7, 11) is 0. The molecule has 0 aromatic rings. The molecule has 4 heteroatoms. The van der Waals surface area contributed by atoms with Gasteiger partial charge in [-0.2, -0.15) is 0 Å². The molecule has 0 amide bonds. The van der Waals surface area contributed by atoms with Crippen LogP contribution in [0.2, 0.25) is 0 Å². The molecule has 0 aliphatic heterocycles. The highest BCUT2D eigenvalue weighted by Gasteiger charge is 2.00. The molecule has 0 bridgehead atoms. The lowest BCUT2D eigenvalue weighted by molar-refractivity contribution is -0.550. The highest BCUT2D eigenvalue weighted by molar-refractivity contribution is 4.46. The van der Waals surface area contributed by atoms with E-state index < -0.39 is 5.03 Å². The molecule has 0 aromatic carbocycles. The largest absolute Gasteiger partial charge is 0.235 e. The molecule has 0 radical (unpaired) electrons. The first-order valence-corrected chi connectivity index (χ1v) is 2.57. The van der Waals surface area contributed by atoms with Crippen LogP contribution in [0.15, 0.2) is 0 Å². The summed E-state index contributed by atoms with van der Waals surface area (Å²) in [6.07, 6.45) is 0.779. The highest BCUT2D eigenvalue weighted by atomic mass is 16.7. The van der Waals surface area contributed by atoms with Crippen LogP contribution in [0.25, 0.3) is 0 Å². The van der Waals surface area contributed by atoms with Gasteiger partial charge in [0.15, 0.2) is 5.03 Å². The maximum Gasteiger partial charge on any atom is 0.157 e. The lowest BCUT2D eigenvalue weighted by Gasteiger charge is -2.01. The number of hydrazine groups is 1. The Morgan fingerprint density at radius 1 is 1.88 bits per heavy atom. The van der Waals surface area contributed by atoms with Gasteiger partial charge in [-0.15, -0.1) is 5.43 Å². The molecule has 8 heavy (non-hydrogen) atoms. The molecule has 0 aromatic heterocycles. The summed E-state index contributed by atoms with van der Waals surface area (Å²) in [6, 6.07) is -0.0231. The van der Waals surface area contributed by atoms with Crippen molar-refractivity contribution in [3.63, 3.8) is 0 Å². The number of nitro groups is 1. The summed E-state index contributed by atoms with van der Waals surface area (Å²) in [4.78, 5) is 9.66. The monoisotopic (exact) mass is 118 g/mol. The molecule has 0 aliphatic carbocycles. The fourth-order valence-electron chi connectivity index (χ4n) is 0.271. The van der Waals surface area contributed by atoms with Crippen LogP contribution in [-0.4, -0.2) is 11.1 Å². The minimum absolute atomic E-state index is 0.0231. The van der Waals surface area contributed by atoms with Gasteiger partial charge in [-0.25, -0.2) is 10.1 Å². The molecule has 1 unspecified atom stereocenters. The van der Waals surface area contributed by atoms with Crippen molar-refractivity contribution in [1.82, 2.24) is 5.43 Å². The van der Waals surface area contributed by atoms with Crippen molar-refractivity contribution in [3.8, 4) is 0 Å². The van der Waals surface area contributed by atoms with Gasteiger partial charge in [0.25, 0.3) is 0 Å². The van der Waals surface area contributed by atoms with E-state index in [1.54, 1.807) is 6.92 Å². The van der Waals surface area contributed by atoms with Gasteiger partial charge in [-0.05, 0) is 13.3 Å². The van der Waals surface area contributed by atoms with Gasteiger partial charge in [0, 0.05) is 0 Å². The van der Waals surface area contributed by atoms with E-state index in [4.69, 9.17) is 0 Å². The van der Waals surface area contributed by atoms with Gasteiger partial charge in [0.1, 0.15) is 0 Å². The summed E-state index contributed by atoms with van der Waals surface area (Å²) in [5.74, 6) is 0. The Morgan fingerprint density at radius 2 is 2.38 bits per heavy atom. The first kappa shape index (κ1) is 7.20. The van der Waals surface area contributed by atoms with Gasteiger partial charge in [0.2, 0.25) is 0 Å². The Kier molecular flexibility index (Phi) is 2.91. The van der Waals surface area contributed by atoms with Crippen molar-refractivity contribution in [2.75, 3.05) is 0 Å². The number of nitrogens with zero attached hydrogens (tertiary/aromatic N) is 1. The molecule has 0 fully saturated rings. The van der Waals surface area contributed by atoms with E-state index in [9.17, 15) is 10.1 Å². The summed E-state index contributed by atoms with van der Waals surface area (Å²) < 4.78 is 0. The van der Waals surface area contributed by atoms with Crippen LogP contribution in [-0.2, 0) is 0 Å². The smallest absolute Gasteiger partial charge is 0.157 e. The van der Waals surface area contributed by atoms with E-state index in [2.05, 4.69) is 5.43 Å². The number of nitrogens with one attached hydrogen (secondary N) is 1. The average Bonchev–Trinajstić information content (AvgIpc) is 1.65. The van der Waals surface area contributed by atoms with E-state index in [0.717, 1.165) is 6.42 Å². The van der Waals surface area contributed by atoms with Crippen LogP contribution in [0.4, 0.5) is 0 Å². The van der Waals surface area contributed by atoms with Crippen LogP contribution < -0.4 is 5.43 Å². The molecular weight excluding hydrogens is 108 g/mol. The number of rotatable bonds is 3. The van der Waals surface area contributed by atoms with Crippen molar-refractivity contribution in [3.05, 3.63) is 10.1 Å². The van der Waals surface area contributed by atoms with Crippen molar-refractivity contribution >= 4 is 0 Å². The predicted molar refractivity (Wildman–Crippen MR) is 29.9 cm³/mol. The third-order valence-corrected chi connectivity index (χ3v) is 0.938. The zero-order valence-electron chi connectivity index (χ0n) is 5.05. The van der Waals surface area contributed by atoms with E-state index >= 15 is 0 Å². The quantitative estimate of drug-likeness (QED) is 0.435. The Hall–Kier alpha value is -0.800. The molecule has 0 aliphatic rings. The molecule has 0 spiro atoms. The zero-order chi connectivity index (χ0) is 6.57. The van der Waals surface area contributed by atoms with Crippen molar-refractivity contribution in [2.45, 2.75) is 26.3 Å². The Bertz CT molecular complexity index is 84.1. The first-order chi connectivity index (χ1) is 3.66. The molecule has 1 atom stereocenters. The van der Waals surface area contributed by atoms with Gasteiger partial charge in [0.05, 0.1) is 6.04 Å². The number of hydrogen-bond acceptors (Lipinski definition) is 2. The molecule has 1 N–H and O–H groups in total.